The number of benzene rings is 1. The molecule has 4 nitrogen and oxygen atoms in total. The lowest BCUT2D eigenvalue weighted by Gasteiger charge is -2.30. The molecule has 1 rings (SSSR count). The molecule has 1 aromatic rings. The largest absolute Gasteiger partial charge is 0.342 e. The van der Waals surface area contributed by atoms with Gasteiger partial charge in [-0.25, -0.2) is 0 Å². The number of hydrogen-bond acceptors (Lipinski definition) is 3. The maximum Gasteiger partial charge on any atom is 0.236 e. The number of hydrogen-bond donors (Lipinski definition) is 0. The van der Waals surface area contributed by atoms with Crippen molar-refractivity contribution in [3.05, 3.63) is 35.4 Å². The Morgan fingerprint density at radius 1 is 1.24 bits per heavy atom. The average molecular weight is 287 g/mol. The van der Waals surface area contributed by atoms with Crippen LogP contribution in [0.4, 0.5) is 0 Å². The van der Waals surface area contributed by atoms with Gasteiger partial charge in [0.15, 0.2) is 0 Å². The van der Waals surface area contributed by atoms with E-state index >= 15 is 0 Å². The van der Waals surface area contributed by atoms with Gasteiger partial charge in [-0.2, -0.15) is 5.26 Å². The Bertz CT molecular complexity index is 502. The van der Waals surface area contributed by atoms with Crippen molar-refractivity contribution >= 4 is 5.91 Å². The Hall–Kier alpha value is -1.86. The fourth-order valence-corrected chi connectivity index (χ4v) is 2.14. The molecule has 0 spiro atoms. The lowest BCUT2D eigenvalue weighted by Crippen LogP contribution is -2.42. The molecule has 0 saturated heterocycles. The lowest BCUT2D eigenvalue weighted by molar-refractivity contribution is -0.133. The van der Waals surface area contributed by atoms with Crippen LogP contribution in [0, 0.1) is 11.3 Å². The molecule has 1 atom stereocenters. The van der Waals surface area contributed by atoms with Gasteiger partial charge in [-0.05, 0) is 45.0 Å². The molecule has 0 aromatic heterocycles. The lowest BCUT2D eigenvalue weighted by atomic mass is 10.0. The number of rotatable bonds is 6. The summed E-state index contributed by atoms with van der Waals surface area (Å²) in [5.74, 6) is 0.132. The summed E-state index contributed by atoms with van der Waals surface area (Å²) in [5, 5.41) is 8.84. The average Bonchev–Trinajstić information content (AvgIpc) is 2.50. The Morgan fingerprint density at radius 3 is 2.24 bits per heavy atom. The molecule has 1 aromatic carbocycles. The van der Waals surface area contributed by atoms with Gasteiger partial charge in [0.1, 0.15) is 0 Å². The summed E-state index contributed by atoms with van der Waals surface area (Å²) in [6.07, 6.45) is 0. The van der Waals surface area contributed by atoms with Crippen LogP contribution < -0.4 is 0 Å². The molecule has 1 amide bonds. The third kappa shape index (κ3) is 4.57. The zero-order valence-corrected chi connectivity index (χ0v) is 13.6. The van der Waals surface area contributed by atoms with Gasteiger partial charge in [0.25, 0.3) is 0 Å². The van der Waals surface area contributed by atoms with Crippen molar-refractivity contribution in [3.8, 4) is 6.07 Å². The Kier molecular flexibility index (Phi) is 6.39. The molecule has 0 aliphatic carbocycles. The van der Waals surface area contributed by atoms with Crippen molar-refractivity contribution in [1.29, 1.82) is 5.26 Å². The van der Waals surface area contributed by atoms with Gasteiger partial charge in [-0.1, -0.05) is 19.1 Å². The molecular formula is C17H25N3O. The highest BCUT2D eigenvalue weighted by Crippen LogP contribution is 2.20. The summed E-state index contributed by atoms with van der Waals surface area (Å²) in [6.45, 7) is 9.39. The topological polar surface area (TPSA) is 47.3 Å². The van der Waals surface area contributed by atoms with E-state index in [-0.39, 0.29) is 18.0 Å². The van der Waals surface area contributed by atoms with Gasteiger partial charge in [-0.15, -0.1) is 0 Å². The van der Waals surface area contributed by atoms with Gasteiger partial charge in [-0.3, -0.25) is 9.69 Å². The number of amides is 1. The first kappa shape index (κ1) is 17.2. The van der Waals surface area contributed by atoms with E-state index in [0.717, 1.165) is 12.1 Å². The van der Waals surface area contributed by atoms with E-state index in [2.05, 4.69) is 24.8 Å². The summed E-state index contributed by atoms with van der Waals surface area (Å²) < 4.78 is 0. The van der Waals surface area contributed by atoms with Gasteiger partial charge in [0.2, 0.25) is 5.91 Å². The first-order valence-electron chi connectivity index (χ1n) is 7.40. The first-order valence-corrected chi connectivity index (χ1v) is 7.40. The molecule has 0 aliphatic rings. The van der Waals surface area contributed by atoms with Crippen molar-refractivity contribution in [2.24, 2.45) is 0 Å². The predicted octanol–water partition coefficient (Wildman–Crippen LogP) is 2.81. The summed E-state index contributed by atoms with van der Waals surface area (Å²) in [4.78, 5) is 16.1. The summed E-state index contributed by atoms with van der Waals surface area (Å²) in [7, 11) is 1.84. The number of nitriles is 1. The minimum Gasteiger partial charge on any atom is -0.342 e. The molecule has 21 heavy (non-hydrogen) atoms. The summed E-state index contributed by atoms with van der Waals surface area (Å²) in [6, 6.07) is 10.0. The van der Waals surface area contributed by atoms with E-state index in [4.69, 9.17) is 5.26 Å². The minimum atomic E-state index is 0.132. The van der Waals surface area contributed by atoms with E-state index < -0.39 is 0 Å². The van der Waals surface area contributed by atoms with Crippen LogP contribution in [0.2, 0.25) is 0 Å². The molecule has 0 heterocycles. The predicted molar refractivity (Wildman–Crippen MR) is 84.7 cm³/mol. The highest BCUT2D eigenvalue weighted by atomic mass is 16.2. The van der Waals surface area contributed by atoms with E-state index in [9.17, 15) is 4.79 Å². The Morgan fingerprint density at radius 2 is 1.81 bits per heavy atom. The molecule has 1 unspecified atom stereocenters. The van der Waals surface area contributed by atoms with Gasteiger partial charge in [0, 0.05) is 19.1 Å². The highest BCUT2D eigenvalue weighted by Gasteiger charge is 2.20. The number of carbonyl (C=O) groups excluding carboxylic acids is 1. The molecule has 114 valence electrons. The first-order chi connectivity index (χ1) is 9.90. The molecule has 0 fully saturated rings. The fraction of sp³-hybridized carbons (Fsp3) is 0.529. The van der Waals surface area contributed by atoms with Crippen LogP contribution in [0.15, 0.2) is 24.3 Å². The molecule has 0 radical (unpaired) electrons. The van der Waals surface area contributed by atoms with E-state index in [1.807, 2.05) is 45.2 Å². The smallest absolute Gasteiger partial charge is 0.236 e. The second-order valence-corrected chi connectivity index (χ2v) is 5.57. The van der Waals surface area contributed by atoms with Gasteiger partial charge >= 0.3 is 0 Å². The van der Waals surface area contributed by atoms with E-state index in [1.54, 1.807) is 4.90 Å². The van der Waals surface area contributed by atoms with Crippen molar-refractivity contribution in [2.75, 3.05) is 20.1 Å². The zero-order valence-electron chi connectivity index (χ0n) is 13.6. The normalized spacial score (nSPS) is 12.3. The SMILES string of the molecule is CCN(CC(=O)N(C)C(C)C)C(C)c1ccc(C#N)cc1. The number of likely N-dealkylation sites (N-methyl/N-ethyl adjacent to an activating group) is 2. The van der Waals surface area contributed by atoms with Crippen LogP contribution in [0.3, 0.4) is 0 Å². The van der Waals surface area contributed by atoms with Crippen molar-refractivity contribution < 1.29 is 4.79 Å². The monoisotopic (exact) mass is 287 g/mol. The Labute approximate surface area is 128 Å². The van der Waals surface area contributed by atoms with Gasteiger partial charge < -0.3 is 4.90 Å². The maximum absolute atomic E-state index is 12.2. The third-order valence-corrected chi connectivity index (χ3v) is 3.98. The van der Waals surface area contributed by atoms with Crippen molar-refractivity contribution in [1.82, 2.24) is 9.80 Å². The quantitative estimate of drug-likeness (QED) is 0.808. The highest BCUT2D eigenvalue weighted by molar-refractivity contribution is 5.78. The van der Waals surface area contributed by atoms with Crippen molar-refractivity contribution in [3.63, 3.8) is 0 Å². The third-order valence-electron chi connectivity index (χ3n) is 3.98. The van der Waals surface area contributed by atoms with E-state index in [0.29, 0.717) is 12.1 Å². The zero-order chi connectivity index (χ0) is 16.0. The van der Waals surface area contributed by atoms with E-state index in [1.165, 1.54) is 0 Å². The summed E-state index contributed by atoms with van der Waals surface area (Å²) in [5.41, 5.74) is 1.78. The van der Waals surface area contributed by atoms with Crippen LogP contribution in [0.5, 0.6) is 0 Å². The van der Waals surface area contributed by atoms with Crippen LogP contribution in [0.25, 0.3) is 0 Å². The minimum absolute atomic E-state index is 0.132. The van der Waals surface area contributed by atoms with Crippen LogP contribution in [0.1, 0.15) is 44.9 Å². The van der Waals surface area contributed by atoms with Crippen LogP contribution in [-0.2, 0) is 4.79 Å². The fourth-order valence-electron chi connectivity index (χ4n) is 2.14. The molecule has 0 saturated carbocycles. The number of nitrogens with zero attached hydrogens (tertiary/aromatic N) is 3. The summed E-state index contributed by atoms with van der Waals surface area (Å²) >= 11 is 0. The Balaban J connectivity index is 2.79. The standard InChI is InChI=1S/C17H25N3O/c1-6-20(12-17(21)19(5)13(2)3)14(4)16-9-7-15(11-18)8-10-16/h7-10,13-14H,6,12H2,1-5H3. The number of carbonyl (C=O) groups is 1. The molecule has 0 bridgehead atoms. The molecule has 0 aliphatic heterocycles. The second-order valence-electron chi connectivity index (χ2n) is 5.57. The van der Waals surface area contributed by atoms with Crippen LogP contribution in [-0.4, -0.2) is 41.9 Å². The maximum atomic E-state index is 12.2. The second kappa shape index (κ2) is 7.80. The molecule has 0 N–H and O–H groups in total. The molecule has 4 heteroatoms. The van der Waals surface area contributed by atoms with Gasteiger partial charge in [0.05, 0.1) is 18.2 Å². The van der Waals surface area contributed by atoms with Crippen LogP contribution >= 0.6 is 0 Å². The molecular weight excluding hydrogens is 262 g/mol. The van der Waals surface area contributed by atoms with Crippen molar-refractivity contribution in [2.45, 2.75) is 39.8 Å².